The number of hydrogen-bond donors (Lipinski definition) is 1. The molecule has 2 heterocycles. The number of carbonyl (C=O) groups excluding carboxylic acids is 1. The fraction of sp³-hybridized carbons (Fsp3) is 0.474. The quantitative estimate of drug-likeness (QED) is 0.868. The van der Waals surface area contributed by atoms with Gasteiger partial charge in [-0.15, -0.1) is 0 Å². The summed E-state index contributed by atoms with van der Waals surface area (Å²) >= 11 is 1.68. The largest absolute Gasteiger partial charge is 0.381 e. The molecule has 3 atom stereocenters. The summed E-state index contributed by atoms with van der Waals surface area (Å²) in [6.07, 6.45) is 8.49. The van der Waals surface area contributed by atoms with Crippen LogP contribution in [0.15, 0.2) is 41.4 Å². The van der Waals surface area contributed by atoms with Gasteiger partial charge in [0.15, 0.2) is 0 Å². The average Bonchev–Trinajstić information content (AvgIpc) is 3.15. The molecule has 0 bridgehead atoms. The summed E-state index contributed by atoms with van der Waals surface area (Å²) in [5, 5.41) is 7.46. The number of rotatable bonds is 6. The molecule has 3 unspecified atom stereocenters. The predicted molar refractivity (Wildman–Crippen MR) is 95.9 cm³/mol. The van der Waals surface area contributed by atoms with Crippen LogP contribution >= 0.6 is 11.3 Å². The Morgan fingerprint density at radius 1 is 1.46 bits per heavy atom. The van der Waals surface area contributed by atoms with Gasteiger partial charge in [0.2, 0.25) is 5.91 Å². The molecule has 0 radical (unpaired) electrons. The lowest BCUT2D eigenvalue weighted by atomic mass is 9.86. The summed E-state index contributed by atoms with van der Waals surface area (Å²) in [5.74, 6) is 0.186. The third-order valence-electron chi connectivity index (χ3n) is 4.75. The first-order valence-electron chi connectivity index (χ1n) is 8.50. The van der Waals surface area contributed by atoms with Crippen molar-refractivity contribution in [3.05, 3.63) is 52.5 Å². The second-order valence-electron chi connectivity index (χ2n) is 6.40. The molecule has 5 heteroatoms. The first-order valence-corrected chi connectivity index (χ1v) is 9.44. The number of hydrogen-bond acceptors (Lipinski definition) is 4. The van der Waals surface area contributed by atoms with Gasteiger partial charge in [0.25, 0.3) is 0 Å². The van der Waals surface area contributed by atoms with E-state index in [2.05, 4.69) is 27.1 Å². The fourth-order valence-electron chi connectivity index (χ4n) is 3.37. The molecule has 24 heavy (non-hydrogen) atoms. The molecule has 1 saturated carbocycles. The molecule has 3 rings (SSSR count). The summed E-state index contributed by atoms with van der Waals surface area (Å²) in [6.45, 7) is 0. The van der Waals surface area contributed by atoms with Gasteiger partial charge in [-0.25, -0.2) is 0 Å². The fourth-order valence-corrected chi connectivity index (χ4v) is 4.05. The number of ether oxygens (including phenoxy) is 1. The van der Waals surface area contributed by atoms with Crippen molar-refractivity contribution < 1.29 is 9.53 Å². The van der Waals surface area contributed by atoms with Crippen LogP contribution < -0.4 is 5.32 Å². The van der Waals surface area contributed by atoms with E-state index in [1.165, 1.54) is 5.56 Å². The Hall–Kier alpha value is -1.72. The molecule has 0 aliphatic heterocycles. The molecule has 1 N–H and O–H groups in total. The van der Waals surface area contributed by atoms with Gasteiger partial charge in [-0.2, -0.15) is 11.3 Å². The van der Waals surface area contributed by atoms with Crippen LogP contribution in [0.4, 0.5) is 0 Å². The van der Waals surface area contributed by atoms with E-state index in [0.29, 0.717) is 0 Å². The van der Waals surface area contributed by atoms with Gasteiger partial charge in [0.05, 0.1) is 12.1 Å². The molecular weight excluding hydrogens is 320 g/mol. The number of carbonyl (C=O) groups is 1. The van der Waals surface area contributed by atoms with Crippen molar-refractivity contribution >= 4 is 17.2 Å². The van der Waals surface area contributed by atoms with Gasteiger partial charge in [0, 0.05) is 25.4 Å². The highest BCUT2D eigenvalue weighted by Crippen LogP contribution is 2.27. The summed E-state index contributed by atoms with van der Waals surface area (Å²) in [6, 6.07) is 6.03. The van der Waals surface area contributed by atoms with Gasteiger partial charge in [-0.1, -0.05) is 12.5 Å². The van der Waals surface area contributed by atoms with Crippen molar-refractivity contribution in [2.24, 2.45) is 5.92 Å². The highest BCUT2D eigenvalue weighted by molar-refractivity contribution is 7.07. The van der Waals surface area contributed by atoms with Gasteiger partial charge in [-0.3, -0.25) is 9.78 Å². The molecule has 1 aliphatic rings. The standard InChI is InChI=1S/C19H24N2O2S/c1-23-17-6-2-4-15(11-17)19(22)21-18(10-14-7-9-24-13-14)16-5-3-8-20-12-16/h3,5,7-9,12-13,15,17-18H,2,4,6,10-11H2,1H3,(H,21,22). The zero-order valence-electron chi connectivity index (χ0n) is 14.0. The number of pyridine rings is 1. The van der Waals surface area contributed by atoms with Gasteiger partial charge >= 0.3 is 0 Å². The van der Waals surface area contributed by atoms with E-state index in [-0.39, 0.29) is 24.0 Å². The van der Waals surface area contributed by atoms with Crippen LogP contribution in [0.2, 0.25) is 0 Å². The number of thiophene rings is 1. The number of amides is 1. The Kier molecular flexibility index (Phi) is 5.99. The number of methoxy groups -OCH3 is 1. The summed E-state index contributed by atoms with van der Waals surface area (Å²) in [7, 11) is 1.74. The smallest absolute Gasteiger partial charge is 0.223 e. The summed E-state index contributed by atoms with van der Waals surface area (Å²) < 4.78 is 5.46. The van der Waals surface area contributed by atoms with Crippen LogP contribution in [0.3, 0.4) is 0 Å². The maximum Gasteiger partial charge on any atom is 0.223 e. The summed E-state index contributed by atoms with van der Waals surface area (Å²) in [4.78, 5) is 17.0. The van der Waals surface area contributed by atoms with Crippen LogP contribution in [0.25, 0.3) is 0 Å². The molecule has 1 fully saturated rings. The highest BCUT2D eigenvalue weighted by atomic mass is 32.1. The van der Waals surface area contributed by atoms with Gasteiger partial charge < -0.3 is 10.1 Å². The molecule has 128 valence electrons. The zero-order chi connectivity index (χ0) is 16.8. The number of aromatic nitrogens is 1. The lowest BCUT2D eigenvalue weighted by Gasteiger charge is -2.29. The molecule has 4 nitrogen and oxygen atoms in total. The Balaban J connectivity index is 1.70. The highest BCUT2D eigenvalue weighted by Gasteiger charge is 2.28. The topological polar surface area (TPSA) is 51.2 Å². The minimum absolute atomic E-state index is 0.0382. The molecule has 0 aromatic carbocycles. The van der Waals surface area contributed by atoms with Crippen molar-refractivity contribution in [1.82, 2.24) is 10.3 Å². The number of nitrogens with zero attached hydrogens (tertiary/aromatic N) is 1. The van der Waals surface area contributed by atoms with E-state index < -0.39 is 0 Å². The van der Waals surface area contributed by atoms with Crippen molar-refractivity contribution in [2.45, 2.75) is 44.2 Å². The third-order valence-corrected chi connectivity index (χ3v) is 5.49. The van der Waals surface area contributed by atoms with Crippen LogP contribution in [0.1, 0.15) is 42.9 Å². The lowest BCUT2D eigenvalue weighted by molar-refractivity contribution is -0.128. The van der Waals surface area contributed by atoms with Crippen molar-refractivity contribution in [2.75, 3.05) is 7.11 Å². The SMILES string of the molecule is COC1CCCC(C(=O)NC(Cc2ccsc2)c2cccnc2)C1. The van der Waals surface area contributed by atoms with E-state index in [1.807, 2.05) is 18.3 Å². The van der Waals surface area contributed by atoms with Crippen LogP contribution in [-0.4, -0.2) is 24.1 Å². The second-order valence-corrected chi connectivity index (χ2v) is 7.18. The van der Waals surface area contributed by atoms with Crippen molar-refractivity contribution in [1.29, 1.82) is 0 Å². The van der Waals surface area contributed by atoms with Crippen LogP contribution in [0.5, 0.6) is 0 Å². The Morgan fingerprint density at radius 2 is 2.38 bits per heavy atom. The van der Waals surface area contributed by atoms with E-state index >= 15 is 0 Å². The van der Waals surface area contributed by atoms with E-state index in [9.17, 15) is 4.79 Å². The lowest BCUT2D eigenvalue weighted by Crippen LogP contribution is -2.38. The Bertz CT molecular complexity index is 630. The maximum atomic E-state index is 12.8. The normalized spacial score (nSPS) is 22.0. The van der Waals surface area contributed by atoms with Crippen LogP contribution in [0, 0.1) is 5.92 Å². The minimum atomic E-state index is -0.0382. The predicted octanol–water partition coefficient (Wildman–Crippen LogP) is 3.75. The van der Waals surface area contributed by atoms with Gasteiger partial charge in [0.1, 0.15) is 0 Å². The van der Waals surface area contributed by atoms with Crippen LogP contribution in [-0.2, 0) is 16.0 Å². The number of nitrogens with one attached hydrogen (secondary N) is 1. The molecule has 2 aromatic rings. The minimum Gasteiger partial charge on any atom is -0.381 e. The molecule has 0 saturated heterocycles. The zero-order valence-corrected chi connectivity index (χ0v) is 14.8. The van der Waals surface area contributed by atoms with Crippen molar-refractivity contribution in [3.63, 3.8) is 0 Å². The summed E-state index contributed by atoms with van der Waals surface area (Å²) in [5.41, 5.74) is 2.30. The molecule has 1 amide bonds. The molecule has 1 aliphatic carbocycles. The molecule has 2 aromatic heterocycles. The maximum absolute atomic E-state index is 12.8. The monoisotopic (exact) mass is 344 g/mol. The average molecular weight is 344 g/mol. The van der Waals surface area contributed by atoms with E-state index in [1.54, 1.807) is 24.6 Å². The van der Waals surface area contributed by atoms with Gasteiger partial charge in [-0.05, 0) is 59.7 Å². The van der Waals surface area contributed by atoms with Crippen molar-refractivity contribution in [3.8, 4) is 0 Å². The third kappa shape index (κ3) is 4.42. The first-order chi connectivity index (χ1) is 11.8. The second kappa shape index (κ2) is 8.40. The van der Waals surface area contributed by atoms with E-state index in [4.69, 9.17) is 4.74 Å². The Labute approximate surface area is 147 Å². The Morgan fingerprint density at radius 3 is 3.08 bits per heavy atom. The molecular formula is C19H24N2O2S. The molecule has 0 spiro atoms. The van der Waals surface area contributed by atoms with E-state index in [0.717, 1.165) is 37.7 Å². The first kappa shape index (κ1) is 17.1.